The average molecular weight is 190 g/mol. The number of piperidine rings is 1. The summed E-state index contributed by atoms with van der Waals surface area (Å²) in [5, 5.41) is 3.34. The molecular weight excluding hydrogens is 172 g/mol. The van der Waals surface area contributed by atoms with E-state index in [2.05, 4.69) is 16.6 Å². The van der Waals surface area contributed by atoms with E-state index in [1.807, 2.05) is 0 Å². The average Bonchev–Trinajstić information content (AvgIpc) is 1.91. The largest absolute Gasteiger partial charge is 0.312 e. The van der Waals surface area contributed by atoms with Gasteiger partial charge >= 0.3 is 0 Å². The molecule has 0 spiro atoms. The first-order valence-electron chi connectivity index (χ1n) is 4.39. The van der Waals surface area contributed by atoms with Gasteiger partial charge in [-0.2, -0.15) is 0 Å². The van der Waals surface area contributed by atoms with Gasteiger partial charge in [-0.3, -0.25) is 4.21 Å². The zero-order chi connectivity index (χ0) is 9.19. The first kappa shape index (κ1) is 9.99. The molecule has 4 heteroatoms. The fraction of sp³-hybridized carbons (Fsp3) is 1.00. The van der Waals surface area contributed by atoms with Crippen LogP contribution in [0.25, 0.3) is 0 Å². The highest BCUT2D eigenvalue weighted by Gasteiger charge is 2.20. The minimum absolute atomic E-state index is 0.251. The monoisotopic (exact) mass is 190 g/mol. The lowest BCUT2D eigenvalue weighted by molar-refractivity contribution is 0.374. The van der Waals surface area contributed by atoms with Gasteiger partial charge in [-0.05, 0) is 26.3 Å². The molecule has 3 nitrogen and oxygen atoms in total. The Morgan fingerprint density at radius 1 is 1.50 bits per heavy atom. The van der Waals surface area contributed by atoms with Gasteiger partial charge in [0.05, 0.1) is 6.04 Å². The maximum absolute atomic E-state index is 11.4. The molecule has 0 radical (unpaired) electrons. The zero-order valence-corrected chi connectivity index (χ0v) is 8.86. The predicted molar refractivity (Wildman–Crippen MR) is 52.9 cm³/mol. The Bertz CT molecular complexity index is 248. The Labute approximate surface area is 75.1 Å². The maximum Gasteiger partial charge on any atom is 0.0744 e. The molecule has 0 aromatic heterocycles. The van der Waals surface area contributed by atoms with E-state index in [1.165, 1.54) is 0 Å². The lowest BCUT2D eigenvalue weighted by Gasteiger charge is -2.26. The van der Waals surface area contributed by atoms with Gasteiger partial charge in [-0.1, -0.05) is 0 Å². The van der Waals surface area contributed by atoms with Crippen molar-refractivity contribution >= 4 is 9.73 Å². The van der Waals surface area contributed by atoms with Crippen LogP contribution in [0, 0.1) is 0 Å². The molecule has 0 aliphatic carbocycles. The van der Waals surface area contributed by atoms with E-state index in [1.54, 1.807) is 12.5 Å². The first-order chi connectivity index (χ1) is 5.49. The molecule has 0 bridgehead atoms. The lowest BCUT2D eigenvalue weighted by Crippen LogP contribution is -2.41. The van der Waals surface area contributed by atoms with E-state index in [4.69, 9.17) is 0 Å². The summed E-state index contributed by atoms with van der Waals surface area (Å²) in [7, 11) is -1.92. The summed E-state index contributed by atoms with van der Waals surface area (Å²) in [6.07, 6.45) is 5.63. The quantitative estimate of drug-likeness (QED) is 0.666. The molecule has 2 unspecified atom stereocenters. The van der Waals surface area contributed by atoms with Crippen molar-refractivity contribution in [1.29, 1.82) is 0 Å². The molecule has 72 valence electrons. The first-order valence-corrected chi connectivity index (χ1v) is 6.72. The maximum atomic E-state index is 11.4. The summed E-state index contributed by atoms with van der Waals surface area (Å²) >= 11 is 0. The third kappa shape index (κ3) is 3.11. The van der Waals surface area contributed by atoms with E-state index in [9.17, 15) is 4.21 Å². The van der Waals surface area contributed by atoms with Crippen LogP contribution in [0.4, 0.5) is 0 Å². The molecule has 1 aliphatic heterocycles. The molecule has 1 N–H and O–H groups in total. The molecule has 0 amide bonds. The summed E-state index contributed by atoms with van der Waals surface area (Å²) in [4.78, 5) is 0. The second-order valence-electron chi connectivity index (χ2n) is 3.74. The van der Waals surface area contributed by atoms with Gasteiger partial charge in [0.1, 0.15) is 0 Å². The van der Waals surface area contributed by atoms with E-state index >= 15 is 0 Å². The fourth-order valence-corrected chi connectivity index (χ4v) is 2.44. The number of nitrogens with zero attached hydrogens (tertiary/aromatic N) is 1. The van der Waals surface area contributed by atoms with Crippen LogP contribution in [0.2, 0.25) is 0 Å². The standard InChI is InChI=1S/C8H18N2OS/c1-7-8(5-4-6-9-7)10-12(2,3)11/h7-9H,4-6H2,1-3H3. The Kier molecular flexibility index (Phi) is 3.12. The molecule has 1 aliphatic rings. The Morgan fingerprint density at radius 3 is 2.67 bits per heavy atom. The van der Waals surface area contributed by atoms with E-state index in [0.717, 1.165) is 19.4 Å². The lowest BCUT2D eigenvalue weighted by atomic mass is 10.0. The van der Waals surface area contributed by atoms with Crippen molar-refractivity contribution in [2.45, 2.75) is 31.8 Å². The van der Waals surface area contributed by atoms with Crippen LogP contribution in [-0.2, 0) is 9.73 Å². The van der Waals surface area contributed by atoms with Crippen molar-refractivity contribution in [3.8, 4) is 0 Å². The van der Waals surface area contributed by atoms with Gasteiger partial charge in [0.2, 0.25) is 0 Å². The molecule has 1 fully saturated rings. The third-order valence-electron chi connectivity index (χ3n) is 2.11. The molecule has 0 saturated carbocycles. The van der Waals surface area contributed by atoms with Crippen LogP contribution in [0.1, 0.15) is 19.8 Å². The smallest absolute Gasteiger partial charge is 0.0744 e. The van der Waals surface area contributed by atoms with Crippen molar-refractivity contribution in [2.75, 3.05) is 19.1 Å². The third-order valence-corrected chi connectivity index (χ3v) is 2.89. The molecular formula is C8H18N2OS. The van der Waals surface area contributed by atoms with Crippen LogP contribution in [0.3, 0.4) is 0 Å². The predicted octanol–water partition coefficient (Wildman–Crippen LogP) is 0.855. The van der Waals surface area contributed by atoms with Crippen molar-refractivity contribution in [3.05, 3.63) is 0 Å². The Morgan fingerprint density at radius 2 is 2.17 bits per heavy atom. The van der Waals surface area contributed by atoms with E-state index in [0.29, 0.717) is 6.04 Å². The van der Waals surface area contributed by atoms with Gasteiger partial charge in [0, 0.05) is 28.3 Å². The number of hydrogen-bond donors (Lipinski definition) is 1. The fourth-order valence-electron chi connectivity index (χ4n) is 1.50. The summed E-state index contributed by atoms with van der Waals surface area (Å²) in [6, 6.07) is 0.640. The molecule has 1 rings (SSSR count). The Hall–Kier alpha value is -0.0900. The van der Waals surface area contributed by atoms with Crippen molar-refractivity contribution in [3.63, 3.8) is 0 Å². The second-order valence-corrected chi connectivity index (χ2v) is 6.31. The van der Waals surface area contributed by atoms with Gasteiger partial charge in [0.15, 0.2) is 0 Å². The van der Waals surface area contributed by atoms with E-state index < -0.39 is 9.73 Å². The highest BCUT2D eigenvalue weighted by atomic mass is 32.2. The normalized spacial score (nSPS) is 31.6. The minimum Gasteiger partial charge on any atom is -0.312 e. The molecule has 12 heavy (non-hydrogen) atoms. The SMILES string of the molecule is CC1NCCCC1N=S(C)(C)=O. The number of rotatable bonds is 1. The van der Waals surface area contributed by atoms with Crippen LogP contribution in [0.5, 0.6) is 0 Å². The molecule has 2 atom stereocenters. The summed E-state index contributed by atoms with van der Waals surface area (Å²) in [5.41, 5.74) is 0. The molecule has 0 aromatic carbocycles. The second kappa shape index (κ2) is 3.75. The highest BCUT2D eigenvalue weighted by Crippen LogP contribution is 2.13. The molecule has 1 heterocycles. The molecule has 0 aromatic rings. The summed E-state index contributed by atoms with van der Waals surface area (Å²) < 4.78 is 15.7. The minimum atomic E-state index is -1.92. The molecule has 1 saturated heterocycles. The van der Waals surface area contributed by atoms with Crippen LogP contribution < -0.4 is 5.32 Å². The van der Waals surface area contributed by atoms with Crippen molar-refractivity contribution < 1.29 is 4.21 Å². The zero-order valence-electron chi connectivity index (χ0n) is 8.04. The van der Waals surface area contributed by atoms with Crippen LogP contribution >= 0.6 is 0 Å². The summed E-state index contributed by atoms with van der Waals surface area (Å²) in [6.45, 7) is 3.18. The van der Waals surface area contributed by atoms with Gasteiger partial charge < -0.3 is 5.32 Å². The Balaban J connectivity index is 2.68. The van der Waals surface area contributed by atoms with Crippen LogP contribution in [0.15, 0.2) is 4.36 Å². The van der Waals surface area contributed by atoms with Gasteiger partial charge in [-0.25, -0.2) is 4.36 Å². The van der Waals surface area contributed by atoms with Crippen LogP contribution in [-0.4, -0.2) is 35.3 Å². The van der Waals surface area contributed by atoms with Gasteiger partial charge in [-0.15, -0.1) is 0 Å². The highest BCUT2D eigenvalue weighted by molar-refractivity contribution is 7.92. The van der Waals surface area contributed by atoms with E-state index in [-0.39, 0.29) is 6.04 Å². The van der Waals surface area contributed by atoms with Crippen molar-refractivity contribution in [1.82, 2.24) is 5.32 Å². The van der Waals surface area contributed by atoms with Crippen molar-refractivity contribution in [2.24, 2.45) is 4.36 Å². The van der Waals surface area contributed by atoms with Gasteiger partial charge in [0.25, 0.3) is 0 Å². The topological polar surface area (TPSA) is 41.5 Å². The number of hydrogen-bond acceptors (Lipinski definition) is 3. The summed E-state index contributed by atoms with van der Waals surface area (Å²) in [5.74, 6) is 0. The number of nitrogens with one attached hydrogen (secondary N) is 1.